The second kappa shape index (κ2) is 5.10. The van der Waals surface area contributed by atoms with Crippen molar-refractivity contribution in [3.8, 4) is 0 Å². The molecule has 1 aromatic carbocycles. The third kappa shape index (κ3) is 2.14. The topological polar surface area (TPSA) is 57.1 Å². The van der Waals surface area contributed by atoms with Gasteiger partial charge in [0.15, 0.2) is 0 Å². The first kappa shape index (κ1) is 11.7. The first-order valence-electron chi connectivity index (χ1n) is 6.59. The first-order chi connectivity index (χ1) is 8.88. The average Bonchev–Trinajstić information content (AvgIpc) is 2.83. The number of benzene rings is 1. The maximum absolute atomic E-state index is 5.84. The highest BCUT2D eigenvalue weighted by atomic mass is 15.2. The van der Waals surface area contributed by atoms with Gasteiger partial charge in [-0.25, -0.2) is 0 Å². The lowest BCUT2D eigenvalue weighted by molar-refractivity contribution is 0.234. The van der Waals surface area contributed by atoms with Crippen molar-refractivity contribution in [2.45, 2.75) is 13.1 Å². The zero-order valence-corrected chi connectivity index (χ0v) is 10.6. The summed E-state index contributed by atoms with van der Waals surface area (Å²) in [6.45, 7) is 6.04. The Hall–Kier alpha value is -1.36. The van der Waals surface area contributed by atoms with Gasteiger partial charge in [0.05, 0.1) is 0 Å². The summed E-state index contributed by atoms with van der Waals surface area (Å²) in [5, 5.41) is 4.70. The summed E-state index contributed by atoms with van der Waals surface area (Å²) in [5.41, 5.74) is 9.64. The van der Waals surface area contributed by atoms with Crippen LogP contribution in [0, 0.1) is 0 Å². The molecule has 0 aliphatic carbocycles. The zero-order valence-electron chi connectivity index (χ0n) is 10.6. The van der Waals surface area contributed by atoms with Crippen LogP contribution >= 0.6 is 0 Å². The van der Waals surface area contributed by atoms with E-state index in [1.807, 2.05) is 0 Å². The molecule has 0 unspecified atom stereocenters. The predicted octanol–water partition coefficient (Wildman–Crippen LogP) is 1.03. The highest BCUT2D eigenvalue weighted by Gasteiger charge is 2.13. The lowest BCUT2D eigenvalue weighted by Crippen LogP contribution is -2.42. The summed E-state index contributed by atoms with van der Waals surface area (Å²) >= 11 is 0. The van der Waals surface area contributed by atoms with E-state index in [0.717, 1.165) is 32.7 Å². The fourth-order valence-electron chi connectivity index (χ4n) is 2.74. The van der Waals surface area contributed by atoms with Crippen LogP contribution in [-0.4, -0.2) is 36.1 Å². The molecule has 0 spiro atoms. The van der Waals surface area contributed by atoms with Crippen LogP contribution in [0.2, 0.25) is 0 Å². The molecule has 0 bridgehead atoms. The quantitative estimate of drug-likeness (QED) is 0.756. The molecule has 0 saturated carbocycles. The van der Waals surface area contributed by atoms with E-state index >= 15 is 0 Å². The van der Waals surface area contributed by atoms with Crippen molar-refractivity contribution in [2.24, 2.45) is 5.73 Å². The molecule has 1 aromatic heterocycles. The second-order valence-corrected chi connectivity index (χ2v) is 4.88. The Morgan fingerprint density at radius 2 is 2.00 bits per heavy atom. The largest absolute Gasteiger partial charge is 0.361 e. The fraction of sp³-hybridized carbons (Fsp3) is 0.429. The van der Waals surface area contributed by atoms with Gasteiger partial charge in [-0.15, -0.1) is 0 Å². The van der Waals surface area contributed by atoms with Gasteiger partial charge in [-0.2, -0.15) is 0 Å². The number of fused-ring (bicyclic) bond motifs is 1. The van der Waals surface area contributed by atoms with E-state index in [0.29, 0.717) is 6.54 Å². The van der Waals surface area contributed by atoms with Gasteiger partial charge in [0.2, 0.25) is 0 Å². The van der Waals surface area contributed by atoms with Crippen LogP contribution in [0.4, 0.5) is 0 Å². The van der Waals surface area contributed by atoms with Gasteiger partial charge in [0.25, 0.3) is 0 Å². The van der Waals surface area contributed by atoms with Crippen LogP contribution in [0.25, 0.3) is 10.9 Å². The van der Waals surface area contributed by atoms with Gasteiger partial charge >= 0.3 is 0 Å². The van der Waals surface area contributed by atoms with E-state index < -0.39 is 0 Å². The molecule has 0 amide bonds. The number of nitrogens with one attached hydrogen (secondary N) is 2. The normalized spacial score (nSPS) is 17.4. The lowest BCUT2D eigenvalue weighted by atomic mass is 10.1. The Kier molecular flexibility index (Phi) is 3.32. The standard InChI is InChI=1S/C14H20N4/c15-8-11-2-1-3-13-14(11)12(9-17-13)10-18-6-4-16-5-7-18/h1-3,9,16-17H,4-8,10,15H2. The monoisotopic (exact) mass is 244 g/mol. The molecular weight excluding hydrogens is 224 g/mol. The molecule has 18 heavy (non-hydrogen) atoms. The SMILES string of the molecule is NCc1cccc2[nH]cc(CN3CCNCC3)c12. The van der Waals surface area contributed by atoms with Crippen LogP contribution in [0.15, 0.2) is 24.4 Å². The van der Waals surface area contributed by atoms with Gasteiger partial charge in [-0.05, 0) is 17.2 Å². The number of rotatable bonds is 3. The molecule has 2 heterocycles. The maximum Gasteiger partial charge on any atom is 0.0460 e. The average molecular weight is 244 g/mol. The highest BCUT2D eigenvalue weighted by molar-refractivity contribution is 5.86. The minimum absolute atomic E-state index is 0.601. The fourth-order valence-corrected chi connectivity index (χ4v) is 2.74. The van der Waals surface area contributed by atoms with Crippen LogP contribution in [0.3, 0.4) is 0 Å². The number of piperazine rings is 1. The molecule has 3 rings (SSSR count). The van der Waals surface area contributed by atoms with E-state index in [2.05, 4.69) is 39.6 Å². The predicted molar refractivity (Wildman–Crippen MR) is 74.3 cm³/mol. The first-order valence-corrected chi connectivity index (χ1v) is 6.59. The van der Waals surface area contributed by atoms with E-state index in [4.69, 9.17) is 5.73 Å². The third-order valence-corrected chi connectivity index (χ3v) is 3.70. The number of H-pyrrole nitrogens is 1. The minimum atomic E-state index is 0.601. The van der Waals surface area contributed by atoms with Crippen LogP contribution in [-0.2, 0) is 13.1 Å². The summed E-state index contributed by atoms with van der Waals surface area (Å²) in [6.07, 6.45) is 2.13. The Morgan fingerprint density at radius 3 is 2.78 bits per heavy atom. The Bertz CT molecular complexity index is 526. The molecule has 1 fully saturated rings. The molecule has 0 radical (unpaired) electrons. The molecule has 4 nitrogen and oxygen atoms in total. The van der Waals surface area contributed by atoms with Crippen molar-refractivity contribution in [1.82, 2.24) is 15.2 Å². The van der Waals surface area contributed by atoms with Crippen LogP contribution in [0.5, 0.6) is 0 Å². The Balaban J connectivity index is 1.91. The lowest BCUT2D eigenvalue weighted by Gasteiger charge is -2.27. The summed E-state index contributed by atoms with van der Waals surface area (Å²) in [5.74, 6) is 0. The van der Waals surface area contributed by atoms with E-state index in [-0.39, 0.29) is 0 Å². The van der Waals surface area contributed by atoms with E-state index in [9.17, 15) is 0 Å². The second-order valence-electron chi connectivity index (χ2n) is 4.88. The minimum Gasteiger partial charge on any atom is -0.361 e. The number of aromatic amines is 1. The zero-order chi connectivity index (χ0) is 12.4. The molecule has 4 N–H and O–H groups in total. The van der Waals surface area contributed by atoms with E-state index in [1.165, 1.54) is 22.0 Å². The molecule has 96 valence electrons. The third-order valence-electron chi connectivity index (χ3n) is 3.70. The number of hydrogen-bond acceptors (Lipinski definition) is 3. The summed E-state index contributed by atoms with van der Waals surface area (Å²) in [4.78, 5) is 5.85. The van der Waals surface area contributed by atoms with Crippen molar-refractivity contribution >= 4 is 10.9 Å². The number of nitrogens with two attached hydrogens (primary N) is 1. The van der Waals surface area contributed by atoms with E-state index in [1.54, 1.807) is 0 Å². The number of aromatic nitrogens is 1. The molecular formula is C14H20N4. The summed E-state index contributed by atoms with van der Waals surface area (Å²) < 4.78 is 0. The molecule has 2 aromatic rings. The van der Waals surface area contributed by atoms with Gasteiger partial charge < -0.3 is 16.0 Å². The van der Waals surface area contributed by atoms with Crippen LogP contribution in [0.1, 0.15) is 11.1 Å². The number of nitrogens with zero attached hydrogens (tertiary/aromatic N) is 1. The van der Waals surface area contributed by atoms with Crippen molar-refractivity contribution in [1.29, 1.82) is 0 Å². The summed E-state index contributed by atoms with van der Waals surface area (Å²) in [7, 11) is 0. The molecule has 1 aliphatic heterocycles. The van der Waals surface area contributed by atoms with Crippen molar-refractivity contribution < 1.29 is 0 Å². The molecule has 1 saturated heterocycles. The highest BCUT2D eigenvalue weighted by Crippen LogP contribution is 2.23. The smallest absolute Gasteiger partial charge is 0.0460 e. The Labute approximate surface area is 107 Å². The van der Waals surface area contributed by atoms with Gasteiger partial charge in [-0.1, -0.05) is 12.1 Å². The van der Waals surface area contributed by atoms with Gasteiger partial charge in [0, 0.05) is 56.4 Å². The molecule has 0 atom stereocenters. The molecule has 4 heteroatoms. The summed E-state index contributed by atoms with van der Waals surface area (Å²) in [6, 6.07) is 6.31. The van der Waals surface area contributed by atoms with Gasteiger partial charge in [-0.3, -0.25) is 4.90 Å². The molecule has 1 aliphatic rings. The maximum atomic E-state index is 5.84. The number of hydrogen-bond donors (Lipinski definition) is 3. The Morgan fingerprint density at radius 1 is 1.17 bits per heavy atom. The van der Waals surface area contributed by atoms with Gasteiger partial charge in [0.1, 0.15) is 0 Å². The van der Waals surface area contributed by atoms with Crippen molar-refractivity contribution in [2.75, 3.05) is 26.2 Å². The van der Waals surface area contributed by atoms with Crippen LogP contribution < -0.4 is 11.1 Å². The van der Waals surface area contributed by atoms with Crippen molar-refractivity contribution in [3.05, 3.63) is 35.5 Å². The van der Waals surface area contributed by atoms with Crippen molar-refractivity contribution in [3.63, 3.8) is 0 Å².